The van der Waals surface area contributed by atoms with Gasteiger partial charge in [0.25, 0.3) is 11.8 Å². The largest absolute Gasteiger partial charge is 0.398 e. The molecule has 7 heteroatoms. The van der Waals surface area contributed by atoms with Crippen molar-refractivity contribution >= 4 is 34.6 Å². The van der Waals surface area contributed by atoms with Crippen LogP contribution in [-0.4, -0.2) is 28.1 Å². The second-order valence-corrected chi connectivity index (χ2v) is 7.36. The Morgan fingerprint density at radius 3 is 1.50 bits per heavy atom. The minimum absolute atomic E-state index is 0.0284. The zero-order valence-electron chi connectivity index (χ0n) is 17.1. The lowest BCUT2D eigenvalue weighted by molar-refractivity contribution is -0.137. The summed E-state index contributed by atoms with van der Waals surface area (Å²) in [6, 6.07) is 22.4. The zero-order valence-corrected chi connectivity index (χ0v) is 17.1. The quantitative estimate of drug-likeness (QED) is 0.275. The predicted octanol–water partition coefficient (Wildman–Crippen LogP) is 3.15. The number of nitrogens with zero attached hydrogens (tertiary/aromatic N) is 1. The van der Waals surface area contributed by atoms with E-state index < -0.39 is 11.8 Å². The van der Waals surface area contributed by atoms with Crippen molar-refractivity contribution in [1.82, 2.24) is 4.90 Å². The number of para-hydroxylation sites is 2. The molecule has 32 heavy (non-hydrogen) atoms. The Kier molecular flexibility index (Phi) is 5.39. The molecule has 158 valence electrons. The third-order valence-corrected chi connectivity index (χ3v) is 5.31. The van der Waals surface area contributed by atoms with Crippen molar-refractivity contribution in [2.45, 2.75) is 6.54 Å². The number of imide groups is 1. The van der Waals surface area contributed by atoms with Crippen LogP contribution >= 0.6 is 0 Å². The molecule has 0 bridgehead atoms. The molecule has 0 spiro atoms. The van der Waals surface area contributed by atoms with Gasteiger partial charge < -0.3 is 11.5 Å². The van der Waals surface area contributed by atoms with E-state index in [9.17, 15) is 9.59 Å². The third-order valence-electron chi connectivity index (χ3n) is 5.31. The molecule has 0 saturated carbocycles. The first-order valence-corrected chi connectivity index (χ1v) is 9.92. The zero-order chi connectivity index (χ0) is 22.8. The molecule has 0 unspecified atom stereocenters. The van der Waals surface area contributed by atoms with Crippen LogP contribution in [0.2, 0.25) is 0 Å². The Labute approximate surface area is 185 Å². The highest BCUT2D eigenvalue weighted by Gasteiger charge is 2.42. The maximum atomic E-state index is 13.4. The summed E-state index contributed by atoms with van der Waals surface area (Å²) < 4.78 is 0. The van der Waals surface area contributed by atoms with Crippen molar-refractivity contribution in [2.24, 2.45) is 0 Å². The number of nitrogens with two attached hydrogens (primary N) is 2. The smallest absolute Gasteiger partial charge is 0.264 e. The first kappa shape index (κ1) is 20.7. The number of anilines is 2. The number of rotatable bonds is 6. The van der Waals surface area contributed by atoms with Crippen LogP contribution < -0.4 is 11.5 Å². The number of nitrogen functional groups attached to an aromatic ring is 2. The van der Waals surface area contributed by atoms with Crippen molar-refractivity contribution in [3.63, 3.8) is 0 Å². The Balaban J connectivity index is 1.84. The van der Waals surface area contributed by atoms with E-state index in [-0.39, 0.29) is 29.1 Å². The predicted molar refractivity (Wildman–Crippen MR) is 124 cm³/mol. The van der Waals surface area contributed by atoms with Gasteiger partial charge in [0.15, 0.2) is 0 Å². The van der Waals surface area contributed by atoms with Gasteiger partial charge in [0.2, 0.25) is 0 Å². The fourth-order valence-corrected chi connectivity index (χ4v) is 3.67. The number of amides is 2. The minimum Gasteiger partial charge on any atom is -0.398 e. The fourth-order valence-electron chi connectivity index (χ4n) is 3.67. The lowest BCUT2D eigenvalue weighted by Crippen LogP contribution is -2.32. The van der Waals surface area contributed by atoms with Crippen molar-refractivity contribution < 1.29 is 9.59 Å². The molecule has 0 aromatic heterocycles. The highest BCUT2D eigenvalue weighted by molar-refractivity contribution is 6.45. The van der Waals surface area contributed by atoms with E-state index in [1.807, 2.05) is 18.2 Å². The lowest BCUT2D eigenvalue weighted by Gasteiger charge is -2.15. The molecule has 1 aliphatic rings. The highest BCUT2D eigenvalue weighted by Crippen LogP contribution is 2.30. The number of nitrogens with one attached hydrogen (secondary N) is 2. The summed E-state index contributed by atoms with van der Waals surface area (Å²) in [5.41, 5.74) is 13.4. The van der Waals surface area contributed by atoms with E-state index >= 15 is 0 Å². The number of hydrogen-bond acceptors (Lipinski definition) is 6. The highest BCUT2D eigenvalue weighted by atomic mass is 16.2. The molecule has 0 atom stereocenters. The molecule has 0 radical (unpaired) electrons. The molecule has 6 N–H and O–H groups in total. The summed E-state index contributed by atoms with van der Waals surface area (Å²) in [5.74, 6) is -1.28. The maximum absolute atomic E-state index is 13.4. The molecule has 0 saturated heterocycles. The van der Waals surface area contributed by atoms with Gasteiger partial charge in [-0.25, -0.2) is 0 Å². The van der Waals surface area contributed by atoms with Crippen molar-refractivity contribution in [3.05, 3.63) is 107 Å². The van der Waals surface area contributed by atoms with Gasteiger partial charge in [-0.05, 0) is 17.7 Å². The Morgan fingerprint density at radius 2 is 1.06 bits per heavy atom. The lowest BCUT2D eigenvalue weighted by atomic mass is 9.92. The summed E-state index contributed by atoms with van der Waals surface area (Å²) in [6.45, 7) is 0.0284. The summed E-state index contributed by atoms with van der Waals surface area (Å²) in [7, 11) is 0. The first-order chi connectivity index (χ1) is 15.4. The molecule has 7 nitrogen and oxygen atoms in total. The van der Waals surface area contributed by atoms with E-state index in [2.05, 4.69) is 0 Å². The van der Waals surface area contributed by atoms with Crippen LogP contribution in [0.15, 0.2) is 90.0 Å². The molecule has 3 aromatic rings. The van der Waals surface area contributed by atoms with Crippen LogP contribution in [0, 0.1) is 10.8 Å². The van der Waals surface area contributed by atoms with E-state index in [0.717, 1.165) is 10.5 Å². The summed E-state index contributed by atoms with van der Waals surface area (Å²) in [5, 5.41) is 17.5. The number of benzene rings is 3. The standard InChI is InChI=1S/C25H21N5O2/c26-18-12-6-4-10-16(18)22(28)20-21(23(29)17-11-5-7-13-19(17)27)25(32)30(24(20)31)14-15-8-2-1-3-9-15/h1-13,28-29H,14,26-27H2. The maximum Gasteiger partial charge on any atom is 0.264 e. The van der Waals surface area contributed by atoms with E-state index in [1.165, 1.54) is 0 Å². The second kappa shape index (κ2) is 8.31. The summed E-state index contributed by atoms with van der Waals surface area (Å²) >= 11 is 0. The van der Waals surface area contributed by atoms with E-state index in [1.54, 1.807) is 60.7 Å². The van der Waals surface area contributed by atoms with Gasteiger partial charge >= 0.3 is 0 Å². The van der Waals surface area contributed by atoms with Gasteiger partial charge in [0.05, 0.1) is 29.1 Å². The van der Waals surface area contributed by atoms with Crippen LogP contribution in [0.5, 0.6) is 0 Å². The van der Waals surface area contributed by atoms with Gasteiger partial charge in [-0.15, -0.1) is 0 Å². The topological polar surface area (TPSA) is 137 Å². The number of carbonyl (C=O) groups is 2. The first-order valence-electron chi connectivity index (χ1n) is 9.92. The third kappa shape index (κ3) is 3.56. The van der Waals surface area contributed by atoms with Gasteiger partial charge in [-0.2, -0.15) is 0 Å². The number of carbonyl (C=O) groups excluding carboxylic acids is 2. The molecule has 1 heterocycles. The van der Waals surface area contributed by atoms with Crippen molar-refractivity contribution in [2.75, 3.05) is 11.5 Å². The second-order valence-electron chi connectivity index (χ2n) is 7.36. The molecule has 0 fully saturated rings. The van der Waals surface area contributed by atoms with Gasteiger partial charge in [-0.1, -0.05) is 66.7 Å². The van der Waals surface area contributed by atoms with Gasteiger partial charge in [0.1, 0.15) is 0 Å². The van der Waals surface area contributed by atoms with E-state index in [4.69, 9.17) is 22.3 Å². The molecule has 1 aliphatic heterocycles. The average molecular weight is 423 g/mol. The van der Waals surface area contributed by atoms with Gasteiger partial charge in [-0.3, -0.25) is 25.3 Å². The minimum atomic E-state index is -0.638. The molecular formula is C25H21N5O2. The number of hydrogen-bond donors (Lipinski definition) is 4. The molecule has 2 amide bonds. The van der Waals surface area contributed by atoms with Crippen molar-refractivity contribution in [3.8, 4) is 0 Å². The van der Waals surface area contributed by atoms with Crippen LogP contribution in [-0.2, 0) is 16.1 Å². The van der Waals surface area contributed by atoms with Crippen LogP contribution in [0.3, 0.4) is 0 Å². The van der Waals surface area contributed by atoms with E-state index in [0.29, 0.717) is 22.5 Å². The summed E-state index contributed by atoms with van der Waals surface area (Å²) in [6.07, 6.45) is 0. The molecule has 4 rings (SSSR count). The molecule has 3 aromatic carbocycles. The fraction of sp³-hybridized carbons (Fsp3) is 0.0400. The molecule has 0 aliphatic carbocycles. The monoisotopic (exact) mass is 423 g/mol. The van der Waals surface area contributed by atoms with Crippen LogP contribution in [0.4, 0.5) is 11.4 Å². The Bertz CT molecular complexity index is 1210. The Morgan fingerprint density at radius 1 is 0.656 bits per heavy atom. The average Bonchev–Trinajstić information content (AvgIpc) is 3.04. The molecular weight excluding hydrogens is 402 g/mol. The normalized spacial score (nSPS) is 13.6. The summed E-state index contributed by atoms with van der Waals surface area (Å²) in [4.78, 5) is 27.9. The van der Waals surface area contributed by atoms with Gasteiger partial charge in [0, 0.05) is 22.5 Å². The van der Waals surface area contributed by atoms with Crippen LogP contribution in [0.25, 0.3) is 0 Å². The van der Waals surface area contributed by atoms with Crippen LogP contribution in [0.1, 0.15) is 16.7 Å². The van der Waals surface area contributed by atoms with Crippen molar-refractivity contribution in [1.29, 1.82) is 10.8 Å². The SMILES string of the molecule is N=C(C1=C(C(=N)c2ccccc2N)C(=O)N(Cc2ccccc2)C1=O)c1ccccc1N. The Hall–Kier alpha value is -4.52.